The molecule has 0 aliphatic rings. The second-order valence-electron chi connectivity index (χ2n) is 4.21. The first-order valence-electron chi connectivity index (χ1n) is 6.25. The summed E-state index contributed by atoms with van der Waals surface area (Å²) in [6, 6.07) is 9.80. The Morgan fingerprint density at radius 2 is 2.05 bits per heavy atom. The number of carbonyl (C=O) groups excluding carboxylic acids is 1. The van der Waals surface area contributed by atoms with Gasteiger partial charge in [-0.15, -0.1) is 0 Å². The number of nitrogen functional groups attached to an aromatic ring is 1. The Balaban J connectivity index is 2.64. The molecule has 0 unspecified atom stereocenters. The van der Waals surface area contributed by atoms with E-state index in [-0.39, 0.29) is 11.5 Å². The molecule has 0 saturated heterocycles. The van der Waals surface area contributed by atoms with Gasteiger partial charge >= 0.3 is 6.09 Å². The smallest absolute Gasteiger partial charge is 0.427 e. The molecule has 1 aromatic carbocycles. The summed E-state index contributed by atoms with van der Waals surface area (Å²) < 4.78 is 0. The van der Waals surface area contributed by atoms with Gasteiger partial charge in [0.2, 0.25) is 0 Å². The molecule has 0 aliphatic heterocycles. The Morgan fingerprint density at radius 1 is 1.32 bits per heavy atom. The van der Waals surface area contributed by atoms with Crippen LogP contribution in [0, 0.1) is 0 Å². The maximum absolute atomic E-state index is 11.5. The van der Waals surface area contributed by atoms with Gasteiger partial charge in [-0.2, -0.15) is 0 Å². The molecule has 1 heterocycles. The molecule has 0 atom stereocenters. The zero-order valence-corrected chi connectivity index (χ0v) is 12.1. The third kappa shape index (κ3) is 3.09. The molecule has 114 valence electrons. The number of aromatic nitrogens is 1. The molecule has 1 amide bonds. The van der Waals surface area contributed by atoms with Gasteiger partial charge in [0.05, 0.1) is 16.4 Å². The molecule has 0 saturated carbocycles. The number of aldehydes is 1. The van der Waals surface area contributed by atoms with Crippen molar-refractivity contribution in [1.82, 2.24) is 9.99 Å². The minimum absolute atomic E-state index is 0.167. The van der Waals surface area contributed by atoms with E-state index in [1.165, 1.54) is 11.2 Å². The van der Waals surface area contributed by atoms with Crippen LogP contribution in [0.4, 0.5) is 22.0 Å². The average Bonchev–Trinajstić information content (AvgIpc) is 2.50. The molecule has 7 nitrogen and oxygen atoms in total. The van der Waals surface area contributed by atoms with Crippen molar-refractivity contribution in [3.63, 3.8) is 0 Å². The molecule has 22 heavy (non-hydrogen) atoms. The van der Waals surface area contributed by atoms with Crippen molar-refractivity contribution in [3.8, 4) is 0 Å². The average molecular weight is 321 g/mol. The zero-order valence-electron chi connectivity index (χ0n) is 11.4. The minimum atomic E-state index is -1.34. The van der Waals surface area contributed by atoms with Crippen LogP contribution >= 0.6 is 11.6 Å². The second kappa shape index (κ2) is 6.77. The van der Waals surface area contributed by atoms with E-state index in [0.717, 1.165) is 5.01 Å². The third-order valence-electron chi connectivity index (χ3n) is 2.81. The normalized spacial score (nSPS) is 10.0. The van der Waals surface area contributed by atoms with Gasteiger partial charge in [0.25, 0.3) is 0 Å². The van der Waals surface area contributed by atoms with Gasteiger partial charge in [-0.3, -0.25) is 0 Å². The summed E-state index contributed by atoms with van der Waals surface area (Å²) in [7, 11) is 0. The fourth-order valence-corrected chi connectivity index (χ4v) is 2.10. The number of nitrogens with two attached hydrogens (primary N) is 1. The number of para-hydroxylation sites is 1. The summed E-state index contributed by atoms with van der Waals surface area (Å²) in [4.78, 5) is 26.5. The monoisotopic (exact) mass is 320 g/mol. The predicted molar refractivity (Wildman–Crippen MR) is 83.0 cm³/mol. The van der Waals surface area contributed by atoms with Crippen LogP contribution in [0.15, 0.2) is 42.6 Å². The van der Waals surface area contributed by atoms with Crippen LogP contribution in [0.5, 0.6) is 0 Å². The standard InChI is InChI=1S/C14H13ClN4O3/c15-10-4-1-2-6-12(10)19(18(8-9-20)14(21)22)13-11(16)5-3-7-17-13/h1-7,9H,8,16H2,(H,21,22). The summed E-state index contributed by atoms with van der Waals surface area (Å²) in [5, 5.41) is 11.7. The van der Waals surface area contributed by atoms with Crippen LogP contribution in [0.25, 0.3) is 0 Å². The Kier molecular flexibility index (Phi) is 4.80. The van der Waals surface area contributed by atoms with Crippen LogP contribution in [-0.4, -0.2) is 34.0 Å². The van der Waals surface area contributed by atoms with Crippen LogP contribution in [0.3, 0.4) is 0 Å². The highest BCUT2D eigenvalue weighted by Gasteiger charge is 2.26. The lowest BCUT2D eigenvalue weighted by Crippen LogP contribution is -2.45. The summed E-state index contributed by atoms with van der Waals surface area (Å²) in [6.45, 7) is -0.392. The summed E-state index contributed by atoms with van der Waals surface area (Å²) >= 11 is 6.15. The molecule has 2 rings (SSSR count). The number of carboxylic acid groups (broad SMARTS) is 1. The van der Waals surface area contributed by atoms with Crippen molar-refractivity contribution in [2.24, 2.45) is 0 Å². The van der Waals surface area contributed by atoms with Gasteiger partial charge < -0.3 is 15.6 Å². The number of hydrogen-bond donors (Lipinski definition) is 2. The van der Waals surface area contributed by atoms with Gasteiger partial charge in [0, 0.05) is 6.20 Å². The number of carbonyl (C=O) groups is 2. The Morgan fingerprint density at radius 3 is 2.64 bits per heavy atom. The summed E-state index contributed by atoms with van der Waals surface area (Å²) in [6.07, 6.45) is 0.602. The number of halogens is 1. The highest BCUT2D eigenvalue weighted by Crippen LogP contribution is 2.34. The quantitative estimate of drug-likeness (QED) is 0.648. The predicted octanol–water partition coefficient (Wildman–Crippen LogP) is 2.55. The van der Waals surface area contributed by atoms with E-state index in [2.05, 4.69) is 4.98 Å². The molecular formula is C14H13ClN4O3. The van der Waals surface area contributed by atoms with Crippen molar-refractivity contribution in [1.29, 1.82) is 0 Å². The summed E-state index contributed by atoms with van der Waals surface area (Å²) in [5.41, 5.74) is 6.48. The molecule has 0 aliphatic carbocycles. The fraction of sp³-hybridized carbons (Fsp3) is 0.0714. The second-order valence-corrected chi connectivity index (χ2v) is 4.62. The van der Waals surface area contributed by atoms with E-state index >= 15 is 0 Å². The number of nitrogens with zero attached hydrogens (tertiary/aromatic N) is 3. The first-order chi connectivity index (χ1) is 10.6. The molecule has 2 aromatic rings. The van der Waals surface area contributed by atoms with E-state index in [4.69, 9.17) is 17.3 Å². The van der Waals surface area contributed by atoms with Gasteiger partial charge in [-0.05, 0) is 24.3 Å². The number of hydrazine groups is 1. The lowest BCUT2D eigenvalue weighted by molar-refractivity contribution is -0.108. The molecule has 0 radical (unpaired) electrons. The largest absolute Gasteiger partial charge is 0.464 e. The number of amides is 1. The lowest BCUT2D eigenvalue weighted by atomic mass is 10.3. The number of hydrogen-bond acceptors (Lipinski definition) is 5. The highest BCUT2D eigenvalue weighted by atomic mass is 35.5. The van der Waals surface area contributed by atoms with E-state index in [9.17, 15) is 14.7 Å². The highest BCUT2D eigenvalue weighted by molar-refractivity contribution is 6.33. The van der Waals surface area contributed by atoms with Gasteiger partial charge in [0.1, 0.15) is 12.8 Å². The molecule has 8 heteroatoms. The maximum atomic E-state index is 11.5. The number of rotatable bonds is 5. The Labute approximate surface area is 131 Å². The number of benzene rings is 1. The lowest BCUT2D eigenvalue weighted by Gasteiger charge is -2.33. The van der Waals surface area contributed by atoms with Gasteiger partial charge in [-0.25, -0.2) is 19.8 Å². The molecule has 0 bridgehead atoms. The minimum Gasteiger partial charge on any atom is -0.464 e. The van der Waals surface area contributed by atoms with Crippen LogP contribution < -0.4 is 10.7 Å². The zero-order chi connectivity index (χ0) is 16.1. The van der Waals surface area contributed by atoms with Crippen LogP contribution in [-0.2, 0) is 4.79 Å². The Hall–Kier alpha value is -2.80. The topological polar surface area (TPSA) is 99.8 Å². The van der Waals surface area contributed by atoms with Crippen LogP contribution in [0.2, 0.25) is 5.02 Å². The molecule has 3 N–H and O–H groups in total. The van der Waals surface area contributed by atoms with Crippen molar-refractivity contribution in [2.75, 3.05) is 17.3 Å². The number of pyridine rings is 1. The maximum Gasteiger partial charge on any atom is 0.427 e. The fourth-order valence-electron chi connectivity index (χ4n) is 1.88. The molecule has 0 spiro atoms. The van der Waals surface area contributed by atoms with E-state index in [1.54, 1.807) is 36.4 Å². The Bertz CT molecular complexity index is 650. The van der Waals surface area contributed by atoms with E-state index in [1.807, 2.05) is 0 Å². The summed E-state index contributed by atoms with van der Waals surface area (Å²) in [5.74, 6) is 0.167. The van der Waals surface area contributed by atoms with Crippen molar-refractivity contribution in [3.05, 3.63) is 47.6 Å². The van der Waals surface area contributed by atoms with Crippen molar-refractivity contribution < 1.29 is 14.7 Å². The van der Waals surface area contributed by atoms with E-state index in [0.29, 0.717) is 17.0 Å². The molecular weight excluding hydrogens is 308 g/mol. The molecule has 0 fully saturated rings. The third-order valence-corrected chi connectivity index (χ3v) is 3.13. The van der Waals surface area contributed by atoms with Crippen LogP contribution in [0.1, 0.15) is 0 Å². The van der Waals surface area contributed by atoms with Gasteiger partial charge in [-0.1, -0.05) is 23.7 Å². The van der Waals surface area contributed by atoms with Crippen molar-refractivity contribution in [2.45, 2.75) is 0 Å². The van der Waals surface area contributed by atoms with Crippen molar-refractivity contribution >= 4 is 41.2 Å². The first kappa shape index (κ1) is 15.6. The first-order valence-corrected chi connectivity index (χ1v) is 6.63. The van der Waals surface area contributed by atoms with E-state index < -0.39 is 12.6 Å². The SMILES string of the molecule is Nc1cccnc1N(c1ccccc1Cl)N(CC=O)C(=O)O. The van der Waals surface area contributed by atoms with Gasteiger partial charge in [0.15, 0.2) is 5.82 Å². The number of anilines is 3. The molecule has 1 aromatic heterocycles.